The number of benzene rings is 1. The predicted molar refractivity (Wildman–Crippen MR) is 93.5 cm³/mol. The molecule has 0 saturated carbocycles. The van der Waals surface area contributed by atoms with Crippen LogP contribution in [0, 0.1) is 0 Å². The summed E-state index contributed by atoms with van der Waals surface area (Å²) in [5.74, 6) is 2.37. The summed E-state index contributed by atoms with van der Waals surface area (Å²) < 4.78 is 16.4. The molecule has 0 aliphatic carbocycles. The lowest BCUT2D eigenvalue weighted by atomic mass is 10.0. The summed E-state index contributed by atoms with van der Waals surface area (Å²) in [5.41, 5.74) is 1.08. The molecule has 1 atom stereocenters. The van der Waals surface area contributed by atoms with Crippen molar-refractivity contribution in [2.24, 2.45) is 0 Å². The number of halogens is 2. The van der Waals surface area contributed by atoms with E-state index in [1.807, 2.05) is 12.1 Å². The third kappa shape index (κ3) is 4.56. The summed E-state index contributed by atoms with van der Waals surface area (Å²) in [7, 11) is 5.01. The molecule has 1 aliphatic rings. The lowest BCUT2D eigenvalue weighted by Crippen LogP contribution is -2.44. The zero-order valence-corrected chi connectivity index (χ0v) is 15.2. The fourth-order valence-corrected chi connectivity index (χ4v) is 2.70. The molecule has 5 nitrogen and oxygen atoms in total. The van der Waals surface area contributed by atoms with Crippen LogP contribution in [0.3, 0.4) is 0 Å². The van der Waals surface area contributed by atoms with Gasteiger partial charge in [-0.1, -0.05) is 0 Å². The smallest absolute Gasteiger partial charge is 0.131 e. The lowest BCUT2D eigenvalue weighted by Gasteiger charge is -2.34. The van der Waals surface area contributed by atoms with Gasteiger partial charge in [-0.05, 0) is 6.92 Å². The summed E-state index contributed by atoms with van der Waals surface area (Å²) in [6.07, 6.45) is 0. The fraction of sp³-hybridized carbons (Fsp3) is 0.600. The van der Waals surface area contributed by atoms with E-state index in [0.29, 0.717) is 0 Å². The third-order valence-electron chi connectivity index (χ3n) is 3.87. The van der Waals surface area contributed by atoms with E-state index in [9.17, 15) is 0 Å². The maximum absolute atomic E-state index is 5.54. The lowest BCUT2D eigenvalue weighted by molar-refractivity contribution is 0.179. The molecular formula is C15H26Cl2N2O3. The van der Waals surface area contributed by atoms with Crippen LogP contribution in [0.15, 0.2) is 12.1 Å². The van der Waals surface area contributed by atoms with Gasteiger partial charge in [0.15, 0.2) is 0 Å². The Hall–Kier alpha value is -0.880. The maximum Gasteiger partial charge on any atom is 0.131 e. The molecule has 1 heterocycles. The predicted octanol–water partition coefficient (Wildman–Crippen LogP) is 2.52. The first-order chi connectivity index (χ1) is 9.71. The second-order valence-corrected chi connectivity index (χ2v) is 4.91. The highest BCUT2D eigenvalue weighted by atomic mass is 35.5. The Morgan fingerprint density at radius 2 is 1.45 bits per heavy atom. The first kappa shape index (κ1) is 21.1. The van der Waals surface area contributed by atoms with Gasteiger partial charge < -0.3 is 19.5 Å². The second-order valence-electron chi connectivity index (χ2n) is 4.91. The Balaban J connectivity index is 0.00000220. The van der Waals surface area contributed by atoms with Crippen molar-refractivity contribution in [3.63, 3.8) is 0 Å². The van der Waals surface area contributed by atoms with Gasteiger partial charge in [0.1, 0.15) is 17.2 Å². The van der Waals surface area contributed by atoms with Crippen LogP contribution in [0.2, 0.25) is 0 Å². The van der Waals surface area contributed by atoms with Gasteiger partial charge in [-0.3, -0.25) is 4.90 Å². The number of rotatable bonds is 5. The van der Waals surface area contributed by atoms with Crippen LogP contribution in [-0.2, 0) is 0 Å². The van der Waals surface area contributed by atoms with Crippen molar-refractivity contribution >= 4 is 24.8 Å². The Labute approximate surface area is 145 Å². The van der Waals surface area contributed by atoms with Gasteiger partial charge in [0.2, 0.25) is 0 Å². The van der Waals surface area contributed by atoms with Crippen molar-refractivity contribution in [2.45, 2.75) is 13.0 Å². The van der Waals surface area contributed by atoms with Gasteiger partial charge in [-0.25, -0.2) is 0 Å². The van der Waals surface area contributed by atoms with Gasteiger partial charge in [0.05, 0.1) is 26.9 Å². The number of nitrogens with one attached hydrogen (secondary N) is 1. The highest BCUT2D eigenvalue weighted by Crippen LogP contribution is 2.40. The molecule has 0 aromatic heterocycles. The summed E-state index contributed by atoms with van der Waals surface area (Å²) in [6.45, 7) is 6.29. The first-order valence-corrected chi connectivity index (χ1v) is 6.96. The molecule has 1 aromatic carbocycles. The molecule has 0 unspecified atom stereocenters. The number of methoxy groups -OCH3 is 3. The van der Waals surface area contributed by atoms with E-state index in [1.54, 1.807) is 21.3 Å². The molecular weight excluding hydrogens is 327 g/mol. The number of nitrogens with zero attached hydrogens (tertiary/aromatic N) is 1. The molecule has 2 rings (SSSR count). The van der Waals surface area contributed by atoms with Crippen LogP contribution < -0.4 is 19.5 Å². The number of hydrogen-bond acceptors (Lipinski definition) is 5. The van der Waals surface area contributed by atoms with E-state index in [1.165, 1.54) is 0 Å². The second kappa shape index (κ2) is 10.0. The molecule has 1 fully saturated rings. The van der Waals surface area contributed by atoms with Crippen molar-refractivity contribution in [3.8, 4) is 17.2 Å². The quantitative estimate of drug-likeness (QED) is 0.881. The number of hydrogen-bond donors (Lipinski definition) is 1. The van der Waals surface area contributed by atoms with Crippen LogP contribution in [0.25, 0.3) is 0 Å². The summed E-state index contributed by atoms with van der Waals surface area (Å²) in [4.78, 5) is 2.43. The van der Waals surface area contributed by atoms with Crippen molar-refractivity contribution < 1.29 is 14.2 Å². The normalized spacial score (nSPS) is 16.0. The summed E-state index contributed by atoms with van der Waals surface area (Å²) in [6, 6.07) is 4.07. The molecule has 1 N–H and O–H groups in total. The highest BCUT2D eigenvalue weighted by molar-refractivity contribution is 5.85. The zero-order valence-electron chi connectivity index (χ0n) is 13.5. The van der Waals surface area contributed by atoms with Crippen molar-refractivity contribution in [2.75, 3.05) is 47.5 Å². The molecule has 22 heavy (non-hydrogen) atoms. The average molecular weight is 353 g/mol. The SMILES string of the molecule is COc1cc(OC)c([C@H](C)N2CCNCC2)c(OC)c1.Cl.Cl. The fourth-order valence-electron chi connectivity index (χ4n) is 2.70. The van der Waals surface area contributed by atoms with Gasteiger partial charge >= 0.3 is 0 Å². The monoisotopic (exact) mass is 352 g/mol. The van der Waals surface area contributed by atoms with Crippen molar-refractivity contribution in [1.82, 2.24) is 10.2 Å². The van der Waals surface area contributed by atoms with E-state index >= 15 is 0 Å². The van der Waals surface area contributed by atoms with Crippen LogP contribution in [0.1, 0.15) is 18.5 Å². The molecule has 7 heteroatoms. The maximum atomic E-state index is 5.54. The van der Waals surface area contributed by atoms with Crippen molar-refractivity contribution in [1.29, 1.82) is 0 Å². The Morgan fingerprint density at radius 1 is 0.955 bits per heavy atom. The van der Waals surface area contributed by atoms with E-state index in [2.05, 4.69) is 17.1 Å². The first-order valence-electron chi connectivity index (χ1n) is 6.96. The van der Waals surface area contributed by atoms with Crippen LogP contribution >= 0.6 is 24.8 Å². The largest absolute Gasteiger partial charge is 0.496 e. The molecule has 128 valence electrons. The third-order valence-corrected chi connectivity index (χ3v) is 3.87. The van der Waals surface area contributed by atoms with Crippen molar-refractivity contribution in [3.05, 3.63) is 17.7 Å². The number of piperazine rings is 1. The zero-order chi connectivity index (χ0) is 14.5. The summed E-state index contributed by atoms with van der Waals surface area (Å²) >= 11 is 0. The van der Waals surface area contributed by atoms with Gasteiger partial charge in [-0.15, -0.1) is 24.8 Å². The van der Waals surface area contributed by atoms with E-state index in [-0.39, 0.29) is 30.9 Å². The Kier molecular flexibility index (Phi) is 9.60. The minimum absolute atomic E-state index is 0. The molecule has 0 bridgehead atoms. The summed E-state index contributed by atoms with van der Waals surface area (Å²) in [5, 5.41) is 3.37. The van der Waals surface area contributed by atoms with Crippen LogP contribution in [0.4, 0.5) is 0 Å². The Morgan fingerprint density at radius 3 is 1.86 bits per heavy atom. The van der Waals surface area contributed by atoms with E-state index < -0.39 is 0 Å². The van der Waals surface area contributed by atoms with Crippen LogP contribution in [-0.4, -0.2) is 52.4 Å². The number of ether oxygens (including phenoxy) is 3. The highest BCUT2D eigenvalue weighted by Gasteiger charge is 2.25. The molecule has 0 radical (unpaired) electrons. The van der Waals surface area contributed by atoms with E-state index in [0.717, 1.165) is 49.0 Å². The topological polar surface area (TPSA) is 43.0 Å². The standard InChI is InChI=1S/C15H24N2O3.2ClH/c1-11(17-7-5-16-6-8-17)15-13(19-3)9-12(18-2)10-14(15)20-4;;/h9-11,16H,5-8H2,1-4H3;2*1H/t11-;;/m0../s1. The molecule has 0 spiro atoms. The van der Waals surface area contributed by atoms with E-state index in [4.69, 9.17) is 14.2 Å². The Bertz CT molecular complexity index is 429. The van der Waals surface area contributed by atoms with Crippen LogP contribution in [0.5, 0.6) is 17.2 Å². The minimum Gasteiger partial charge on any atom is -0.496 e. The van der Waals surface area contributed by atoms with Gasteiger partial charge in [0.25, 0.3) is 0 Å². The van der Waals surface area contributed by atoms with Gasteiger partial charge in [-0.2, -0.15) is 0 Å². The molecule has 0 amide bonds. The minimum atomic E-state index is 0. The average Bonchev–Trinajstić information content (AvgIpc) is 2.53. The molecule has 1 aromatic rings. The molecule has 1 saturated heterocycles. The molecule has 1 aliphatic heterocycles. The van der Waals surface area contributed by atoms with Gasteiger partial charge in [0, 0.05) is 44.4 Å².